The lowest BCUT2D eigenvalue weighted by molar-refractivity contribution is -0.385. The van der Waals surface area contributed by atoms with Crippen molar-refractivity contribution >= 4 is 33.8 Å². The summed E-state index contributed by atoms with van der Waals surface area (Å²) >= 11 is 0. The zero-order valence-electron chi connectivity index (χ0n) is 14.8. The average Bonchev–Trinajstić information content (AvgIpc) is 2.67. The molecule has 0 spiro atoms. The highest BCUT2D eigenvalue weighted by atomic mass is 16.6. The number of Topliss-reactive ketones (excluding diaryl/α,β-unsaturated/α-hetero) is 1. The number of anilines is 1. The predicted octanol–water partition coefficient (Wildman–Crippen LogP) is 4.66. The number of benzene rings is 3. The molecular weight excluding hydrogens is 344 g/mol. The summed E-state index contributed by atoms with van der Waals surface area (Å²) in [4.78, 5) is 35.0. The number of nitro benzene ring substituents is 1. The lowest BCUT2D eigenvalue weighted by Crippen LogP contribution is -2.14. The first-order chi connectivity index (χ1) is 13.0. The summed E-state index contributed by atoms with van der Waals surface area (Å²) in [6, 6.07) is 17.7. The summed E-state index contributed by atoms with van der Waals surface area (Å²) in [7, 11) is 0. The Morgan fingerprint density at radius 3 is 2.44 bits per heavy atom. The zero-order chi connectivity index (χ0) is 19.4. The van der Waals surface area contributed by atoms with E-state index in [1.807, 2.05) is 36.4 Å². The van der Waals surface area contributed by atoms with Crippen LogP contribution in [0.2, 0.25) is 0 Å². The van der Waals surface area contributed by atoms with E-state index < -0.39 is 4.92 Å². The van der Waals surface area contributed by atoms with Crippen molar-refractivity contribution in [3.63, 3.8) is 0 Å². The van der Waals surface area contributed by atoms with Crippen LogP contribution in [0, 0.1) is 17.0 Å². The number of hydrogen-bond donors (Lipinski definition) is 1. The number of hydrogen-bond acceptors (Lipinski definition) is 4. The number of nitrogens with zero attached hydrogens (tertiary/aromatic N) is 1. The summed E-state index contributed by atoms with van der Waals surface area (Å²) in [6.45, 7) is 1.58. The van der Waals surface area contributed by atoms with Gasteiger partial charge in [0.15, 0.2) is 5.78 Å². The number of fused-ring (bicyclic) bond motifs is 1. The van der Waals surface area contributed by atoms with Gasteiger partial charge < -0.3 is 5.32 Å². The molecule has 0 bridgehead atoms. The summed E-state index contributed by atoms with van der Waals surface area (Å²) in [5.41, 5.74) is 1.28. The smallest absolute Gasteiger partial charge is 0.274 e. The van der Waals surface area contributed by atoms with E-state index in [2.05, 4.69) is 5.32 Å². The average molecular weight is 362 g/mol. The van der Waals surface area contributed by atoms with Crippen LogP contribution in [0.3, 0.4) is 0 Å². The predicted molar refractivity (Wildman–Crippen MR) is 104 cm³/mol. The van der Waals surface area contributed by atoms with E-state index in [0.717, 1.165) is 10.8 Å². The zero-order valence-corrected chi connectivity index (χ0v) is 14.8. The Balaban J connectivity index is 1.64. The van der Waals surface area contributed by atoms with E-state index in [9.17, 15) is 19.7 Å². The van der Waals surface area contributed by atoms with E-state index in [-0.39, 0.29) is 30.2 Å². The molecule has 3 aromatic rings. The molecule has 0 aliphatic rings. The number of carbonyl (C=O) groups is 2. The second-order valence-electron chi connectivity index (χ2n) is 6.24. The maximum atomic E-state index is 12.4. The van der Waals surface area contributed by atoms with Crippen LogP contribution in [-0.4, -0.2) is 16.6 Å². The van der Waals surface area contributed by atoms with Crippen LogP contribution in [0.4, 0.5) is 11.4 Å². The number of amides is 1. The molecule has 6 nitrogen and oxygen atoms in total. The normalized spacial score (nSPS) is 10.6. The van der Waals surface area contributed by atoms with Gasteiger partial charge in [0.05, 0.1) is 16.2 Å². The topological polar surface area (TPSA) is 89.3 Å². The molecule has 27 heavy (non-hydrogen) atoms. The summed E-state index contributed by atoms with van der Waals surface area (Å²) in [5, 5.41) is 15.6. The third-order valence-corrected chi connectivity index (χ3v) is 4.43. The number of nitrogens with one attached hydrogen (secondary N) is 1. The number of carbonyl (C=O) groups excluding carboxylic acids is 2. The number of ketones is 1. The first-order valence-corrected chi connectivity index (χ1v) is 8.51. The lowest BCUT2D eigenvalue weighted by atomic mass is 10.0. The number of nitro groups is 1. The molecule has 6 heteroatoms. The van der Waals surface area contributed by atoms with Crippen molar-refractivity contribution in [2.75, 3.05) is 5.32 Å². The van der Waals surface area contributed by atoms with Gasteiger partial charge in [0.2, 0.25) is 5.91 Å². The fourth-order valence-electron chi connectivity index (χ4n) is 2.90. The highest BCUT2D eigenvalue weighted by Crippen LogP contribution is 2.25. The molecule has 0 atom stereocenters. The first kappa shape index (κ1) is 18.3. The van der Waals surface area contributed by atoms with Crippen molar-refractivity contribution in [2.45, 2.75) is 19.8 Å². The Labute approximate surface area is 156 Å². The van der Waals surface area contributed by atoms with Crippen molar-refractivity contribution in [2.24, 2.45) is 0 Å². The molecule has 0 heterocycles. The second-order valence-corrected chi connectivity index (χ2v) is 6.24. The van der Waals surface area contributed by atoms with Crippen LogP contribution >= 0.6 is 0 Å². The van der Waals surface area contributed by atoms with Crippen LogP contribution in [0.25, 0.3) is 10.8 Å². The molecule has 0 aliphatic heterocycles. The Kier molecular flexibility index (Phi) is 5.26. The quantitative estimate of drug-likeness (QED) is 0.392. The van der Waals surface area contributed by atoms with Gasteiger partial charge in [-0.25, -0.2) is 0 Å². The molecule has 3 rings (SSSR count). The largest absolute Gasteiger partial charge is 0.326 e. The maximum Gasteiger partial charge on any atom is 0.274 e. The van der Waals surface area contributed by atoms with Crippen molar-refractivity contribution in [3.05, 3.63) is 81.9 Å². The molecule has 0 aromatic heterocycles. The van der Waals surface area contributed by atoms with Crippen molar-refractivity contribution in [1.29, 1.82) is 0 Å². The second kappa shape index (κ2) is 7.78. The van der Waals surface area contributed by atoms with Gasteiger partial charge in [0.1, 0.15) is 0 Å². The minimum absolute atomic E-state index is 0.00773. The monoisotopic (exact) mass is 362 g/mol. The van der Waals surface area contributed by atoms with Gasteiger partial charge in [0.25, 0.3) is 5.69 Å². The molecule has 1 N–H and O–H groups in total. The Morgan fingerprint density at radius 2 is 1.70 bits per heavy atom. The van der Waals surface area contributed by atoms with Crippen LogP contribution in [-0.2, 0) is 4.79 Å². The van der Waals surface area contributed by atoms with Crippen LogP contribution in [0.15, 0.2) is 60.7 Å². The van der Waals surface area contributed by atoms with Gasteiger partial charge in [-0.2, -0.15) is 0 Å². The van der Waals surface area contributed by atoms with Gasteiger partial charge in [-0.05, 0) is 29.8 Å². The standard InChI is InChI=1S/C21H18N2O4/c1-14-18(7-4-8-19(14)23(26)27)22-21(25)12-11-20(24)17-10-9-15-5-2-3-6-16(15)13-17/h2-10,13H,11-12H2,1H3,(H,22,25). The van der Waals surface area contributed by atoms with Crippen LogP contribution < -0.4 is 5.32 Å². The molecule has 0 fully saturated rings. The van der Waals surface area contributed by atoms with Crippen molar-refractivity contribution in [3.8, 4) is 0 Å². The van der Waals surface area contributed by atoms with E-state index >= 15 is 0 Å². The summed E-state index contributed by atoms with van der Waals surface area (Å²) < 4.78 is 0. The molecule has 0 aliphatic carbocycles. The molecule has 136 valence electrons. The van der Waals surface area contributed by atoms with Crippen LogP contribution in [0.1, 0.15) is 28.8 Å². The Hall–Kier alpha value is -3.54. The van der Waals surface area contributed by atoms with E-state index in [1.54, 1.807) is 19.1 Å². The van der Waals surface area contributed by atoms with E-state index in [4.69, 9.17) is 0 Å². The Morgan fingerprint density at radius 1 is 0.963 bits per heavy atom. The summed E-state index contributed by atoms with van der Waals surface area (Å²) in [5.74, 6) is -0.473. The molecule has 0 saturated carbocycles. The molecule has 1 amide bonds. The van der Waals surface area contributed by atoms with E-state index in [1.165, 1.54) is 12.1 Å². The van der Waals surface area contributed by atoms with Gasteiger partial charge in [-0.3, -0.25) is 19.7 Å². The van der Waals surface area contributed by atoms with Gasteiger partial charge in [-0.1, -0.05) is 42.5 Å². The minimum atomic E-state index is -0.492. The first-order valence-electron chi connectivity index (χ1n) is 8.51. The number of rotatable bonds is 6. The third kappa shape index (κ3) is 4.17. The van der Waals surface area contributed by atoms with Gasteiger partial charge in [-0.15, -0.1) is 0 Å². The maximum absolute atomic E-state index is 12.4. The van der Waals surface area contributed by atoms with Crippen molar-refractivity contribution in [1.82, 2.24) is 0 Å². The molecule has 3 aromatic carbocycles. The van der Waals surface area contributed by atoms with Gasteiger partial charge in [0, 0.05) is 24.5 Å². The third-order valence-electron chi connectivity index (χ3n) is 4.43. The molecule has 0 unspecified atom stereocenters. The fourth-order valence-corrected chi connectivity index (χ4v) is 2.90. The van der Waals surface area contributed by atoms with E-state index in [0.29, 0.717) is 16.8 Å². The van der Waals surface area contributed by atoms with Gasteiger partial charge >= 0.3 is 0 Å². The molecule has 0 saturated heterocycles. The van der Waals surface area contributed by atoms with Crippen LogP contribution in [0.5, 0.6) is 0 Å². The van der Waals surface area contributed by atoms with Crippen molar-refractivity contribution < 1.29 is 14.5 Å². The minimum Gasteiger partial charge on any atom is -0.326 e. The lowest BCUT2D eigenvalue weighted by Gasteiger charge is -2.08. The molecular formula is C21H18N2O4. The fraction of sp³-hybridized carbons (Fsp3) is 0.143. The highest BCUT2D eigenvalue weighted by Gasteiger charge is 2.15. The molecule has 0 radical (unpaired) electrons. The highest BCUT2D eigenvalue weighted by molar-refractivity contribution is 6.02. The Bertz CT molecular complexity index is 1040. The summed E-state index contributed by atoms with van der Waals surface area (Å²) in [6.07, 6.45) is 0.0753. The SMILES string of the molecule is Cc1c(NC(=O)CCC(=O)c2ccc3ccccc3c2)cccc1[N+](=O)[O-].